The lowest BCUT2D eigenvalue weighted by molar-refractivity contribution is -0.127. The van der Waals surface area contributed by atoms with Gasteiger partial charge in [-0.2, -0.15) is 0 Å². The summed E-state index contributed by atoms with van der Waals surface area (Å²) in [5.74, 6) is 0.893. The van der Waals surface area contributed by atoms with Crippen molar-refractivity contribution in [2.75, 3.05) is 40.1 Å². The summed E-state index contributed by atoms with van der Waals surface area (Å²) in [6, 6.07) is 17.2. The number of ether oxygens (including phenoxy) is 3. The van der Waals surface area contributed by atoms with Crippen LogP contribution in [0.4, 0.5) is 0 Å². The number of rotatable bonds is 13. The molecule has 0 aromatic heterocycles. The Labute approximate surface area is 188 Å². The van der Waals surface area contributed by atoms with E-state index >= 15 is 0 Å². The maximum absolute atomic E-state index is 13.1. The zero-order chi connectivity index (χ0) is 22.7. The maximum atomic E-state index is 13.1. The number of aliphatic hydroxyl groups excluding tert-OH is 1. The summed E-state index contributed by atoms with van der Waals surface area (Å²) in [4.78, 5) is 17.9. The highest BCUT2D eigenvalue weighted by molar-refractivity contribution is 6.00. The Hall–Kier alpha value is -2.94. The molecule has 32 heavy (non-hydrogen) atoms. The number of carbonyl (C=O) groups excluding carboxylic acids is 1. The lowest BCUT2D eigenvalue weighted by atomic mass is 9.91. The number of hydrogen-bond acceptors (Lipinski definition) is 7. The fraction of sp³-hybridized carbons (Fsp3) is 0.417. The Morgan fingerprint density at radius 2 is 1.91 bits per heavy atom. The van der Waals surface area contributed by atoms with E-state index in [9.17, 15) is 4.79 Å². The molecule has 0 radical (unpaired) electrons. The fourth-order valence-electron chi connectivity index (χ4n) is 3.33. The first-order chi connectivity index (χ1) is 15.7. The van der Waals surface area contributed by atoms with Crippen LogP contribution in [0.25, 0.3) is 0 Å². The highest BCUT2D eigenvalue weighted by atomic mass is 16.5. The van der Waals surface area contributed by atoms with Crippen LogP contribution < -0.4 is 15.6 Å². The molecular weight excluding hydrogens is 410 g/mol. The number of carbonyl (C=O) groups is 1. The predicted octanol–water partition coefficient (Wildman–Crippen LogP) is 1.86. The molecule has 2 aromatic rings. The first-order valence-corrected chi connectivity index (χ1v) is 10.8. The third-order valence-corrected chi connectivity index (χ3v) is 5.05. The minimum Gasteiger partial charge on any atom is -0.494 e. The second kappa shape index (κ2) is 12.2. The summed E-state index contributed by atoms with van der Waals surface area (Å²) in [6.07, 6.45) is 1.78. The van der Waals surface area contributed by atoms with Crippen molar-refractivity contribution in [2.45, 2.75) is 24.8 Å². The summed E-state index contributed by atoms with van der Waals surface area (Å²) >= 11 is 0. The van der Waals surface area contributed by atoms with E-state index in [0.29, 0.717) is 44.2 Å². The van der Waals surface area contributed by atoms with Crippen LogP contribution in [0.5, 0.6) is 5.75 Å². The topological polar surface area (TPSA) is 101 Å². The molecule has 172 valence electrons. The van der Waals surface area contributed by atoms with Crippen LogP contribution in [-0.4, -0.2) is 62.5 Å². The van der Waals surface area contributed by atoms with Crippen LogP contribution in [0, 0.1) is 0 Å². The molecule has 0 bridgehead atoms. The monoisotopic (exact) mass is 441 g/mol. The lowest BCUT2D eigenvalue weighted by Crippen LogP contribution is -2.53. The number of nitrogens with zero attached hydrogens (tertiary/aromatic N) is 1. The van der Waals surface area contributed by atoms with E-state index in [1.165, 1.54) is 0 Å². The normalized spacial score (nSPS) is 17.5. The van der Waals surface area contributed by atoms with E-state index in [-0.39, 0.29) is 19.1 Å². The number of aliphatic hydroxyl groups is 1. The Balaban J connectivity index is 1.74. The molecule has 0 fully saturated rings. The predicted molar refractivity (Wildman–Crippen MR) is 122 cm³/mol. The lowest BCUT2D eigenvalue weighted by Gasteiger charge is -2.23. The first kappa shape index (κ1) is 23.7. The molecule has 1 aliphatic heterocycles. The summed E-state index contributed by atoms with van der Waals surface area (Å²) in [6.45, 7) is 1.90. The standard InChI is InChI=1S/C24H31N3O5/c1-30-15-5-13-25-27-23(29)24(17-19-7-3-2-4-8-19)18-32-22(26-24)20-9-11-21(12-10-20)31-16-6-14-28/h2-4,7-12,25,28H,5-6,13-18H2,1H3,(H,27,29)/t24-/m0/s1. The third kappa shape index (κ3) is 6.53. The van der Waals surface area contributed by atoms with Crippen molar-refractivity contribution in [3.05, 3.63) is 65.7 Å². The van der Waals surface area contributed by atoms with Gasteiger partial charge >= 0.3 is 0 Å². The van der Waals surface area contributed by atoms with Gasteiger partial charge in [0.1, 0.15) is 12.4 Å². The number of benzene rings is 2. The number of hydrogen-bond donors (Lipinski definition) is 3. The van der Waals surface area contributed by atoms with Gasteiger partial charge in [-0.3, -0.25) is 10.2 Å². The number of nitrogens with one attached hydrogen (secondary N) is 2. The van der Waals surface area contributed by atoms with Gasteiger partial charge in [-0.05, 0) is 36.2 Å². The summed E-state index contributed by atoms with van der Waals surface area (Å²) < 4.78 is 16.5. The Bertz CT molecular complexity index is 873. The van der Waals surface area contributed by atoms with Crippen LogP contribution in [0.2, 0.25) is 0 Å². The molecule has 0 saturated heterocycles. The van der Waals surface area contributed by atoms with Crippen molar-refractivity contribution in [3.8, 4) is 5.75 Å². The van der Waals surface area contributed by atoms with Gasteiger partial charge in [0.25, 0.3) is 5.91 Å². The molecule has 1 heterocycles. The van der Waals surface area contributed by atoms with Crippen molar-refractivity contribution in [3.63, 3.8) is 0 Å². The molecule has 1 amide bonds. The third-order valence-electron chi connectivity index (χ3n) is 5.05. The van der Waals surface area contributed by atoms with E-state index in [1.807, 2.05) is 54.6 Å². The zero-order valence-electron chi connectivity index (χ0n) is 18.4. The number of amides is 1. The second-order valence-corrected chi connectivity index (χ2v) is 7.58. The van der Waals surface area contributed by atoms with Crippen LogP contribution in [0.15, 0.2) is 59.6 Å². The second-order valence-electron chi connectivity index (χ2n) is 7.58. The molecule has 0 unspecified atom stereocenters. The van der Waals surface area contributed by atoms with Crippen molar-refractivity contribution in [2.24, 2.45) is 4.99 Å². The molecule has 1 aliphatic rings. The van der Waals surface area contributed by atoms with E-state index in [0.717, 1.165) is 17.5 Å². The summed E-state index contributed by atoms with van der Waals surface area (Å²) in [7, 11) is 1.65. The van der Waals surface area contributed by atoms with Crippen molar-refractivity contribution in [1.82, 2.24) is 10.9 Å². The van der Waals surface area contributed by atoms with Gasteiger partial charge in [-0.1, -0.05) is 30.3 Å². The molecule has 1 atom stereocenters. The average molecular weight is 442 g/mol. The highest BCUT2D eigenvalue weighted by Crippen LogP contribution is 2.27. The molecule has 0 saturated carbocycles. The van der Waals surface area contributed by atoms with Crippen LogP contribution in [0.3, 0.4) is 0 Å². The van der Waals surface area contributed by atoms with Crippen molar-refractivity contribution >= 4 is 11.8 Å². The molecule has 2 aromatic carbocycles. The van der Waals surface area contributed by atoms with Gasteiger partial charge in [0.15, 0.2) is 5.54 Å². The minimum absolute atomic E-state index is 0.0928. The van der Waals surface area contributed by atoms with Gasteiger partial charge < -0.3 is 19.3 Å². The van der Waals surface area contributed by atoms with Crippen LogP contribution in [-0.2, 0) is 20.7 Å². The van der Waals surface area contributed by atoms with E-state index in [2.05, 4.69) is 10.9 Å². The Morgan fingerprint density at radius 1 is 1.12 bits per heavy atom. The van der Waals surface area contributed by atoms with Gasteiger partial charge in [-0.25, -0.2) is 10.4 Å². The fourth-order valence-corrected chi connectivity index (χ4v) is 3.33. The Kier molecular flexibility index (Phi) is 9.03. The molecule has 0 aliphatic carbocycles. The van der Waals surface area contributed by atoms with E-state index < -0.39 is 5.54 Å². The molecule has 3 N–H and O–H groups in total. The Morgan fingerprint density at radius 3 is 2.62 bits per heavy atom. The van der Waals surface area contributed by atoms with Crippen LogP contribution >= 0.6 is 0 Å². The SMILES string of the molecule is COCCCNNC(=O)[C@]1(Cc2ccccc2)COC(c2ccc(OCCCO)cc2)=N1. The van der Waals surface area contributed by atoms with Gasteiger partial charge in [0.05, 0.1) is 6.61 Å². The zero-order valence-corrected chi connectivity index (χ0v) is 18.4. The van der Waals surface area contributed by atoms with Crippen LogP contribution in [0.1, 0.15) is 24.0 Å². The minimum atomic E-state index is -1.07. The average Bonchev–Trinajstić information content (AvgIpc) is 3.25. The van der Waals surface area contributed by atoms with E-state index in [1.54, 1.807) is 7.11 Å². The van der Waals surface area contributed by atoms with Crippen molar-refractivity contribution < 1.29 is 24.1 Å². The molecule has 3 rings (SSSR count). The quantitative estimate of drug-likeness (QED) is 0.324. The van der Waals surface area contributed by atoms with Gasteiger partial charge in [0, 0.05) is 45.3 Å². The molecular formula is C24H31N3O5. The summed E-state index contributed by atoms with van der Waals surface area (Å²) in [5, 5.41) is 8.87. The maximum Gasteiger partial charge on any atom is 0.266 e. The smallest absolute Gasteiger partial charge is 0.266 e. The largest absolute Gasteiger partial charge is 0.494 e. The number of hydrazine groups is 1. The molecule has 8 heteroatoms. The van der Waals surface area contributed by atoms with Crippen molar-refractivity contribution in [1.29, 1.82) is 0 Å². The van der Waals surface area contributed by atoms with E-state index in [4.69, 9.17) is 24.3 Å². The first-order valence-electron chi connectivity index (χ1n) is 10.8. The highest BCUT2D eigenvalue weighted by Gasteiger charge is 2.44. The number of aliphatic imine (C=N–C) groups is 1. The molecule has 0 spiro atoms. The summed E-state index contributed by atoms with van der Waals surface area (Å²) in [5.41, 5.74) is 6.45. The molecule has 8 nitrogen and oxygen atoms in total. The number of methoxy groups -OCH3 is 1. The van der Waals surface area contributed by atoms with Gasteiger partial charge in [0.2, 0.25) is 5.90 Å². The van der Waals surface area contributed by atoms with Gasteiger partial charge in [-0.15, -0.1) is 0 Å².